The molecular weight excluding hydrogens is 1370 g/mol. The summed E-state index contributed by atoms with van der Waals surface area (Å²) in [6, 6.07) is 0. The van der Waals surface area contributed by atoms with Gasteiger partial charge in [0.1, 0.15) is 19.3 Å². The third-order valence-corrected chi connectivity index (χ3v) is 22.1. The highest BCUT2D eigenvalue weighted by Crippen LogP contribution is 2.45. The number of carbonyl (C=O) groups is 4. The van der Waals surface area contributed by atoms with E-state index in [0.29, 0.717) is 25.7 Å². The Hall–Kier alpha value is -1.94. The monoisotopic (exact) mass is 1540 g/mol. The van der Waals surface area contributed by atoms with E-state index in [1.165, 1.54) is 276 Å². The highest BCUT2D eigenvalue weighted by molar-refractivity contribution is 7.47. The predicted molar refractivity (Wildman–Crippen MR) is 432 cm³/mol. The van der Waals surface area contributed by atoms with Crippen molar-refractivity contribution in [3.05, 3.63) is 0 Å². The van der Waals surface area contributed by atoms with Crippen LogP contribution < -0.4 is 0 Å². The second-order valence-electron chi connectivity index (χ2n) is 31.9. The lowest BCUT2D eigenvalue weighted by atomic mass is 10.0. The molecule has 5 atom stereocenters. The first kappa shape index (κ1) is 103. The smallest absolute Gasteiger partial charge is 0.462 e. The lowest BCUT2D eigenvalue weighted by Gasteiger charge is -2.21. The van der Waals surface area contributed by atoms with Gasteiger partial charge < -0.3 is 33.8 Å². The molecule has 624 valence electrons. The van der Waals surface area contributed by atoms with E-state index in [-0.39, 0.29) is 25.7 Å². The van der Waals surface area contributed by atoms with Crippen LogP contribution in [0.1, 0.15) is 459 Å². The molecule has 0 heterocycles. The number of hydrogen-bond acceptors (Lipinski definition) is 15. The summed E-state index contributed by atoms with van der Waals surface area (Å²) >= 11 is 0. The summed E-state index contributed by atoms with van der Waals surface area (Å²) in [5.41, 5.74) is 0. The quantitative estimate of drug-likeness (QED) is 0.0222. The zero-order chi connectivity index (χ0) is 77.1. The van der Waals surface area contributed by atoms with Gasteiger partial charge in [-0.25, -0.2) is 9.13 Å². The maximum Gasteiger partial charge on any atom is 0.472 e. The van der Waals surface area contributed by atoms with Crippen molar-refractivity contribution < 1.29 is 80.2 Å². The molecule has 17 nitrogen and oxygen atoms in total. The first-order valence-corrected chi connectivity index (χ1v) is 47.5. The number of aliphatic hydroxyl groups excluding tert-OH is 1. The van der Waals surface area contributed by atoms with Crippen LogP contribution >= 0.6 is 15.6 Å². The minimum Gasteiger partial charge on any atom is -0.462 e. The number of ether oxygens (including phenoxy) is 4. The molecule has 0 saturated heterocycles. The van der Waals surface area contributed by atoms with Crippen LogP contribution in [0.4, 0.5) is 0 Å². The highest BCUT2D eigenvalue weighted by Gasteiger charge is 2.30. The van der Waals surface area contributed by atoms with Gasteiger partial charge in [-0.05, 0) is 37.5 Å². The fraction of sp³-hybridized carbons (Fsp3) is 0.953. The zero-order valence-corrected chi connectivity index (χ0v) is 70.8. The Morgan fingerprint density at radius 2 is 0.438 bits per heavy atom. The third kappa shape index (κ3) is 79.9. The molecule has 0 aromatic rings. The summed E-state index contributed by atoms with van der Waals surface area (Å²) in [6.07, 6.45) is 69.5. The number of carbonyl (C=O) groups excluding carboxylic acids is 4. The van der Waals surface area contributed by atoms with Crippen molar-refractivity contribution >= 4 is 39.5 Å². The van der Waals surface area contributed by atoms with E-state index in [1.54, 1.807) is 0 Å². The van der Waals surface area contributed by atoms with Crippen LogP contribution in [0.3, 0.4) is 0 Å². The highest BCUT2D eigenvalue weighted by atomic mass is 31.2. The van der Waals surface area contributed by atoms with E-state index in [1.807, 2.05) is 0 Å². The number of phosphoric ester groups is 2. The number of aliphatic hydroxyl groups is 1. The van der Waals surface area contributed by atoms with E-state index >= 15 is 0 Å². The van der Waals surface area contributed by atoms with E-state index in [0.717, 1.165) is 102 Å². The maximum atomic E-state index is 13.1. The van der Waals surface area contributed by atoms with E-state index in [9.17, 15) is 43.2 Å². The van der Waals surface area contributed by atoms with Crippen LogP contribution in [-0.4, -0.2) is 96.7 Å². The van der Waals surface area contributed by atoms with E-state index < -0.39 is 97.5 Å². The lowest BCUT2D eigenvalue weighted by molar-refractivity contribution is -0.161. The van der Waals surface area contributed by atoms with Gasteiger partial charge in [0.2, 0.25) is 0 Å². The standard InChI is InChI=1S/C86H168O17P2/c1-7-9-11-13-15-17-19-21-23-24-25-26-27-28-29-31-35-40-46-53-59-65-71-86(91)102-81(74-96-83(88)68-62-56-50-44-38-36-32-33-37-42-48-54-60-66-78(3)4)76-100-104(92,93)98-72-80(87)73-99-105(94,95)101-77-82(75-97-84(89)69-63-57-51-47-41-43-49-55-61-67-79(5)6)103-85(90)70-64-58-52-45-39-34-30-22-20-18-16-14-12-10-8-2/h78-82,87H,7-77H2,1-6H3,(H,92,93)(H,94,95)/t80-,81-,82-/m1/s1. The predicted octanol–water partition coefficient (Wildman–Crippen LogP) is 26.2. The second kappa shape index (κ2) is 77.4. The minimum atomic E-state index is -4.97. The minimum absolute atomic E-state index is 0.108. The van der Waals surface area contributed by atoms with Crippen molar-refractivity contribution in [2.75, 3.05) is 39.6 Å². The summed E-state index contributed by atoms with van der Waals surface area (Å²) in [7, 11) is -9.93. The molecule has 0 rings (SSSR count). The SMILES string of the molecule is CCCCCCCCCCCCCCCCCCCCCCCCC(=O)O[C@H](COC(=O)CCCCCCCCCCCCCCCC(C)C)COP(=O)(O)OC[C@@H](O)COP(=O)(O)OC[C@@H](COC(=O)CCCCCCCCCCCC(C)C)OC(=O)CCCCCCCCCCCCCCCCC. The van der Waals surface area contributed by atoms with Crippen LogP contribution in [0.2, 0.25) is 0 Å². The molecule has 0 aliphatic heterocycles. The Morgan fingerprint density at radius 1 is 0.257 bits per heavy atom. The van der Waals surface area contributed by atoms with Crippen LogP contribution in [0, 0.1) is 11.8 Å². The molecule has 0 radical (unpaired) electrons. The Bertz CT molecular complexity index is 2010. The molecule has 105 heavy (non-hydrogen) atoms. The van der Waals surface area contributed by atoms with E-state index in [2.05, 4.69) is 41.5 Å². The molecule has 0 aromatic heterocycles. The lowest BCUT2D eigenvalue weighted by Crippen LogP contribution is -2.30. The first-order valence-electron chi connectivity index (χ1n) is 44.5. The van der Waals surface area contributed by atoms with Crippen LogP contribution in [0.15, 0.2) is 0 Å². The average molecular weight is 1540 g/mol. The van der Waals surface area contributed by atoms with E-state index in [4.69, 9.17) is 37.0 Å². The van der Waals surface area contributed by atoms with Gasteiger partial charge in [0.05, 0.1) is 26.4 Å². The molecular formula is C86H168O17P2. The molecule has 2 unspecified atom stereocenters. The molecule has 0 aromatic carbocycles. The Morgan fingerprint density at radius 3 is 0.648 bits per heavy atom. The fourth-order valence-corrected chi connectivity index (χ4v) is 15.0. The van der Waals surface area contributed by atoms with Crippen molar-refractivity contribution in [2.24, 2.45) is 11.8 Å². The molecule has 0 fully saturated rings. The Kier molecular flexibility index (Phi) is 76.0. The van der Waals surface area contributed by atoms with Crippen LogP contribution in [0.25, 0.3) is 0 Å². The largest absolute Gasteiger partial charge is 0.472 e. The van der Waals surface area contributed by atoms with Crippen molar-refractivity contribution in [3.63, 3.8) is 0 Å². The van der Waals surface area contributed by atoms with Crippen molar-refractivity contribution in [1.29, 1.82) is 0 Å². The molecule has 0 spiro atoms. The summed E-state index contributed by atoms with van der Waals surface area (Å²) < 4.78 is 68.9. The van der Waals surface area contributed by atoms with Crippen molar-refractivity contribution in [2.45, 2.75) is 477 Å². The second-order valence-corrected chi connectivity index (χ2v) is 34.8. The van der Waals surface area contributed by atoms with Gasteiger partial charge in [0, 0.05) is 25.7 Å². The van der Waals surface area contributed by atoms with Gasteiger partial charge in [-0.15, -0.1) is 0 Å². The summed E-state index contributed by atoms with van der Waals surface area (Å²) in [6.45, 7) is 9.67. The van der Waals surface area contributed by atoms with Gasteiger partial charge in [-0.1, -0.05) is 408 Å². The molecule has 0 aliphatic carbocycles. The number of esters is 4. The summed E-state index contributed by atoms with van der Waals surface area (Å²) in [5.74, 6) is -0.567. The number of unbranched alkanes of at least 4 members (excludes halogenated alkanes) is 55. The van der Waals surface area contributed by atoms with Crippen molar-refractivity contribution in [1.82, 2.24) is 0 Å². The number of rotatable bonds is 85. The molecule has 0 aliphatic rings. The Balaban J connectivity index is 5.24. The van der Waals surface area contributed by atoms with Crippen molar-refractivity contribution in [3.8, 4) is 0 Å². The first-order chi connectivity index (χ1) is 50.9. The molecule has 19 heteroatoms. The molecule has 3 N–H and O–H groups in total. The maximum absolute atomic E-state index is 13.1. The molecule has 0 bridgehead atoms. The molecule has 0 saturated carbocycles. The van der Waals surface area contributed by atoms with Gasteiger partial charge in [0.15, 0.2) is 12.2 Å². The van der Waals surface area contributed by atoms with Crippen LogP contribution in [0.5, 0.6) is 0 Å². The van der Waals surface area contributed by atoms with Gasteiger partial charge in [-0.3, -0.25) is 37.3 Å². The number of hydrogen-bond donors (Lipinski definition) is 3. The number of phosphoric acid groups is 2. The van der Waals surface area contributed by atoms with Gasteiger partial charge in [0.25, 0.3) is 0 Å². The van der Waals surface area contributed by atoms with Gasteiger partial charge in [-0.2, -0.15) is 0 Å². The van der Waals surface area contributed by atoms with Gasteiger partial charge >= 0.3 is 39.5 Å². The normalized spacial score (nSPS) is 13.8. The third-order valence-electron chi connectivity index (χ3n) is 20.2. The zero-order valence-electron chi connectivity index (χ0n) is 69.0. The fourth-order valence-electron chi connectivity index (χ4n) is 13.4. The average Bonchev–Trinajstić information content (AvgIpc) is 0.909. The summed E-state index contributed by atoms with van der Waals surface area (Å²) in [4.78, 5) is 73.2. The summed E-state index contributed by atoms with van der Waals surface area (Å²) in [5, 5.41) is 10.7. The van der Waals surface area contributed by atoms with Crippen LogP contribution in [-0.2, 0) is 65.4 Å². The molecule has 0 amide bonds. The topological polar surface area (TPSA) is 237 Å². The Labute approximate surface area is 645 Å².